The molecule has 298 valence electrons. The second-order valence-electron chi connectivity index (χ2n) is 18.0. The molecule has 1 unspecified atom stereocenters. The minimum Gasteiger partial charge on any atom is -0.310 e. The molecule has 0 radical (unpaired) electrons. The average molecular weight is 812 g/mol. The summed E-state index contributed by atoms with van der Waals surface area (Å²) in [5.74, 6) is 0. The Kier molecular flexibility index (Phi) is 7.24. The number of hydrogen-bond donors (Lipinski definition) is 0. The first-order valence-electron chi connectivity index (χ1n) is 22.5. The highest BCUT2D eigenvalue weighted by Gasteiger charge is 2.51. The van der Waals surface area contributed by atoms with Crippen molar-refractivity contribution in [2.24, 2.45) is 0 Å². The van der Waals surface area contributed by atoms with Crippen LogP contribution < -0.4 is 4.90 Å². The van der Waals surface area contributed by atoms with Gasteiger partial charge in [0.1, 0.15) is 0 Å². The molecule has 0 saturated carbocycles. The van der Waals surface area contributed by atoms with E-state index in [-0.39, 0.29) is 5.41 Å². The molecule has 0 saturated heterocycles. The van der Waals surface area contributed by atoms with Gasteiger partial charge in [-0.3, -0.25) is 0 Å². The number of benzene rings is 11. The maximum atomic E-state index is 2.56. The molecule has 3 aliphatic carbocycles. The van der Waals surface area contributed by atoms with Crippen LogP contribution in [0.4, 0.5) is 17.1 Å². The Balaban J connectivity index is 1.07. The van der Waals surface area contributed by atoms with E-state index in [1.54, 1.807) is 0 Å². The van der Waals surface area contributed by atoms with Crippen LogP contribution in [0.1, 0.15) is 45.9 Å². The molecular formula is C63H41N. The van der Waals surface area contributed by atoms with Crippen LogP contribution in [-0.2, 0) is 10.8 Å². The summed E-state index contributed by atoms with van der Waals surface area (Å²) in [5.41, 5.74) is 19.8. The molecule has 1 heteroatoms. The molecule has 11 aromatic rings. The summed E-state index contributed by atoms with van der Waals surface area (Å²) < 4.78 is 0. The number of anilines is 3. The lowest BCUT2D eigenvalue weighted by Gasteiger charge is -2.32. The molecule has 0 N–H and O–H groups in total. The van der Waals surface area contributed by atoms with Crippen LogP contribution in [0.3, 0.4) is 0 Å². The van der Waals surface area contributed by atoms with Gasteiger partial charge in [0.2, 0.25) is 0 Å². The van der Waals surface area contributed by atoms with Gasteiger partial charge in [-0.1, -0.05) is 200 Å². The van der Waals surface area contributed by atoms with Gasteiger partial charge < -0.3 is 4.90 Å². The van der Waals surface area contributed by atoms with Gasteiger partial charge >= 0.3 is 0 Å². The summed E-state index contributed by atoms with van der Waals surface area (Å²) in [6.07, 6.45) is 0. The molecule has 14 rings (SSSR count). The average Bonchev–Trinajstić information content (AvgIpc) is 3.94. The second kappa shape index (κ2) is 13.0. The van der Waals surface area contributed by atoms with Crippen LogP contribution in [0.15, 0.2) is 231 Å². The Hall–Kier alpha value is -8.00. The molecule has 1 atom stereocenters. The van der Waals surface area contributed by atoms with E-state index < -0.39 is 5.41 Å². The van der Waals surface area contributed by atoms with Crippen molar-refractivity contribution in [2.75, 3.05) is 4.90 Å². The summed E-state index contributed by atoms with van der Waals surface area (Å²) in [4.78, 5) is 2.56. The number of nitrogens with zero attached hydrogens (tertiary/aromatic N) is 1. The van der Waals surface area contributed by atoms with Crippen LogP contribution in [0, 0.1) is 0 Å². The number of rotatable bonds is 4. The van der Waals surface area contributed by atoms with Gasteiger partial charge in [0.25, 0.3) is 0 Å². The third-order valence-corrected chi connectivity index (χ3v) is 15.1. The van der Waals surface area contributed by atoms with Crippen molar-refractivity contribution in [3.05, 3.63) is 269 Å². The quantitative estimate of drug-likeness (QED) is 0.160. The van der Waals surface area contributed by atoms with Gasteiger partial charge in [-0.15, -0.1) is 0 Å². The number of hydrogen-bond acceptors (Lipinski definition) is 1. The highest BCUT2D eigenvalue weighted by Crippen LogP contribution is 2.64. The topological polar surface area (TPSA) is 3.24 Å². The summed E-state index contributed by atoms with van der Waals surface area (Å²) in [6, 6.07) is 86.7. The fourth-order valence-electron chi connectivity index (χ4n) is 12.5. The predicted molar refractivity (Wildman–Crippen MR) is 267 cm³/mol. The van der Waals surface area contributed by atoms with Gasteiger partial charge in [-0.2, -0.15) is 0 Å². The van der Waals surface area contributed by atoms with Crippen molar-refractivity contribution in [3.8, 4) is 33.4 Å². The fourth-order valence-corrected chi connectivity index (χ4v) is 12.5. The molecule has 3 aliphatic rings. The molecule has 0 aliphatic heterocycles. The van der Waals surface area contributed by atoms with E-state index in [2.05, 4.69) is 242 Å². The van der Waals surface area contributed by atoms with E-state index in [9.17, 15) is 0 Å². The lowest BCUT2D eigenvalue weighted by atomic mass is 9.70. The van der Waals surface area contributed by atoms with Gasteiger partial charge in [-0.05, 0) is 136 Å². The van der Waals surface area contributed by atoms with Crippen LogP contribution in [0.2, 0.25) is 0 Å². The maximum Gasteiger partial charge on any atom is 0.0725 e. The smallest absolute Gasteiger partial charge is 0.0725 e. The molecule has 0 amide bonds. The molecule has 0 heterocycles. The largest absolute Gasteiger partial charge is 0.310 e. The first-order valence-corrected chi connectivity index (χ1v) is 22.5. The van der Waals surface area contributed by atoms with Crippen molar-refractivity contribution in [1.82, 2.24) is 0 Å². The van der Waals surface area contributed by atoms with E-state index >= 15 is 0 Å². The van der Waals surface area contributed by atoms with Crippen LogP contribution >= 0.6 is 0 Å². The number of fused-ring (bicyclic) bond motifs is 19. The monoisotopic (exact) mass is 811 g/mol. The lowest BCUT2D eigenvalue weighted by Crippen LogP contribution is -2.25. The van der Waals surface area contributed by atoms with Crippen molar-refractivity contribution in [2.45, 2.75) is 17.8 Å². The second-order valence-corrected chi connectivity index (χ2v) is 18.0. The van der Waals surface area contributed by atoms with Gasteiger partial charge in [-0.25, -0.2) is 0 Å². The summed E-state index contributed by atoms with van der Waals surface area (Å²) in [6.45, 7) is 2.41. The molecule has 0 fully saturated rings. The third kappa shape index (κ3) is 4.48. The molecular weight excluding hydrogens is 771 g/mol. The Morgan fingerprint density at radius 3 is 1.36 bits per heavy atom. The Morgan fingerprint density at radius 1 is 0.297 bits per heavy atom. The highest BCUT2D eigenvalue weighted by molar-refractivity contribution is 6.26. The molecule has 64 heavy (non-hydrogen) atoms. The molecule has 1 nitrogen and oxygen atoms in total. The van der Waals surface area contributed by atoms with Crippen molar-refractivity contribution in [1.29, 1.82) is 0 Å². The standard InChI is InChI=1S/C63H41N/c1-62(40-18-3-2-4-19-40)54-28-13-12-27-51(54)61-59(62)32-17-33-60(61)64(41-34-36-47-45-22-6-5-20-43(45)44-21-7-8-23-46(44)52(47)38-41)42-35-37-58-53(39-42)50-26-11-16-31-57(50)63(58)55-29-14-9-24-48(55)49-25-10-15-30-56(49)63/h2-39H,1H3. The molecule has 11 aromatic carbocycles. The Labute approximate surface area is 373 Å². The Bertz CT molecular complexity index is 3680. The van der Waals surface area contributed by atoms with Crippen LogP contribution in [0.25, 0.3) is 65.7 Å². The minimum atomic E-state index is -0.407. The van der Waals surface area contributed by atoms with E-state index in [4.69, 9.17) is 0 Å². The summed E-state index contributed by atoms with van der Waals surface area (Å²) in [5, 5.41) is 7.62. The van der Waals surface area contributed by atoms with Crippen LogP contribution in [-0.4, -0.2) is 0 Å². The Morgan fingerprint density at radius 2 is 0.734 bits per heavy atom. The van der Waals surface area contributed by atoms with E-state index in [1.165, 1.54) is 110 Å². The van der Waals surface area contributed by atoms with E-state index in [0.29, 0.717) is 0 Å². The lowest BCUT2D eigenvalue weighted by molar-refractivity contribution is 0.714. The SMILES string of the molecule is CC1(c2ccccc2)c2ccccc2-c2c(N(c3ccc4c(c3)-c3ccccc3C43c4ccccc4-c4ccccc43)c3ccc4c5ccccc5c5ccccc5c4c3)cccc21. The molecule has 0 bridgehead atoms. The normalized spacial score (nSPS) is 15.8. The first-order chi connectivity index (χ1) is 31.7. The summed E-state index contributed by atoms with van der Waals surface area (Å²) >= 11 is 0. The van der Waals surface area contributed by atoms with E-state index in [0.717, 1.165) is 11.4 Å². The zero-order chi connectivity index (χ0) is 42.1. The third-order valence-electron chi connectivity index (χ3n) is 15.1. The van der Waals surface area contributed by atoms with Gasteiger partial charge in [0.15, 0.2) is 0 Å². The zero-order valence-electron chi connectivity index (χ0n) is 35.4. The molecule has 0 aromatic heterocycles. The van der Waals surface area contributed by atoms with Gasteiger partial charge in [0, 0.05) is 22.4 Å². The first kappa shape index (κ1) is 35.6. The van der Waals surface area contributed by atoms with Gasteiger partial charge in [0.05, 0.1) is 11.1 Å². The van der Waals surface area contributed by atoms with Crippen molar-refractivity contribution < 1.29 is 0 Å². The van der Waals surface area contributed by atoms with Crippen molar-refractivity contribution >= 4 is 49.4 Å². The fraction of sp³-hybridized carbons (Fsp3) is 0.0476. The van der Waals surface area contributed by atoms with Crippen LogP contribution in [0.5, 0.6) is 0 Å². The minimum absolute atomic E-state index is 0.333. The van der Waals surface area contributed by atoms with Crippen molar-refractivity contribution in [3.63, 3.8) is 0 Å². The maximum absolute atomic E-state index is 2.56. The van der Waals surface area contributed by atoms with E-state index in [1.807, 2.05) is 0 Å². The predicted octanol–water partition coefficient (Wildman–Crippen LogP) is 16.3. The molecule has 1 spiro atoms. The summed E-state index contributed by atoms with van der Waals surface area (Å²) in [7, 11) is 0. The highest BCUT2D eigenvalue weighted by atomic mass is 15.1. The zero-order valence-corrected chi connectivity index (χ0v) is 35.4.